The standard InChI is InChI=1S/C9H18O2/c1-4-5-7(2)9(11)8(3)6-10/h4-5,7-11H,6H2,1-3H3. The number of hydrogen-bond donors (Lipinski definition) is 2. The van der Waals surface area contributed by atoms with E-state index in [1.54, 1.807) is 0 Å². The minimum atomic E-state index is -0.434. The van der Waals surface area contributed by atoms with E-state index in [4.69, 9.17) is 5.11 Å². The summed E-state index contributed by atoms with van der Waals surface area (Å²) in [6.07, 6.45) is 3.42. The molecule has 66 valence electrons. The zero-order valence-electron chi connectivity index (χ0n) is 7.49. The first-order valence-electron chi connectivity index (χ1n) is 4.05. The van der Waals surface area contributed by atoms with Crippen LogP contribution in [0.25, 0.3) is 0 Å². The molecule has 0 saturated carbocycles. The van der Waals surface area contributed by atoms with Gasteiger partial charge in [0.2, 0.25) is 0 Å². The van der Waals surface area contributed by atoms with Gasteiger partial charge in [-0.2, -0.15) is 0 Å². The second-order valence-electron chi connectivity index (χ2n) is 3.04. The number of aliphatic hydroxyl groups is 2. The summed E-state index contributed by atoms with van der Waals surface area (Å²) in [5, 5.41) is 18.2. The molecule has 0 aliphatic rings. The van der Waals surface area contributed by atoms with E-state index in [0.29, 0.717) is 0 Å². The molecular formula is C9H18O2. The molecule has 0 radical (unpaired) electrons. The highest BCUT2D eigenvalue weighted by Gasteiger charge is 2.17. The third kappa shape index (κ3) is 3.54. The summed E-state index contributed by atoms with van der Waals surface area (Å²) >= 11 is 0. The van der Waals surface area contributed by atoms with Gasteiger partial charge in [-0.1, -0.05) is 26.0 Å². The Morgan fingerprint density at radius 3 is 2.27 bits per heavy atom. The lowest BCUT2D eigenvalue weighted by Crippen LogP contribution is -2.26. The quantitative estimate of drug-likeness (QED) is 0.603. The van der Waals surface area contributed by atoms with E-state index in [0.717, 1.165) is 0 Å². The average Bonchev–Trinajstić information content (AvgIpc) is 2.02. The van der Waals surface area contributed by atoms with Crippen LogP contribution >= 0.6 is 0 Å². The summed E-state index contributed by atoms with van der Waals surface area (Å²) in [5.74, 6) is 0.0864. The molecule has 0 spiro atoms. The number of allylic oxidation sites excluding steroid dienone is 1. The fourth-order valence-corrected chi connectivity index (χ4v) is 1.04. The van der Waals surface area contributed by atoms with Gasteiger partial charge < -0.3 is 10.2 Å². The molecule has 0 heterocycles. The van der Waals surface area contributed by atoms with Crippen molar-refractivity contribution in [1.29, 1.82) is 0 Å². The van der Waals surface area contributed by atoms with Crippen molar-refractivity contribution in [3.05, 3.63) is 12.2 Å². The zero-order chi connectivity index (χ0) is 8.85. The van der Waals surface area contributed by atoms with Gasteiger partial charge in [0.1, 0.15) is 0 Å². The van der Waals surface area contributed by atoms with E-state index in [1.807, 2.05) is 32.9 Å². The second-order valence-corrected chi connectivity index (χ2v) is 3.04. The summed E-state index contributed by atoms with van der Waals surface area (Å²) in [7, 11) is 0. The molecule has 0 bridgehead atoms. The maximum absolute atomic E-state index is 9.51. The van der Waals surface area contributed by atoms with E-state index in [1.165, 1.54) is 0 Å². The summed E-state index contributed by atoms with van der Waals surface area (Å²) in [6, 6.07) is 0. The Bertz CT molecular complexity index is 121. The van der Waals surface area contributed by atoms with Crippen LogP contribution in [0.4, 0.5) is 0 Å². The molecule has 0 aliphatic carbocycles. The Balaban J connectivity index is 3.90. The fraction of sp³-hybridized carbons (Fsp3) is 0.778. The van der Waals surface area contributed by atoms with Gasteiger partial charge in [0.05, 0.1) is 6.10 Å². The van der Waals surface area contributed by atoms with Crippen LogP contribution in [0.3, 0.4) is 0 Å². The van der Waals surface area contributed by atoms with E-state index in [2.05, 4.69) is 0 Å². The third-order valence-corrected chi connectivity index (χ3v) is 1.91. The minimum absolute atomic E-state index is 0.0406. The van der Waals surface area contributed by atoms with E-state index < -0.39 is 6.10 Å². The van der Waals surface area contributed by atoms with Crippen LogP contribution in [-0.4, -0.2) is 22.9 Å². The summed E-state index contributed by atoms with van der Waals surface area (Å²) < 4.78 is 0. The molecule has 0 amide bonds. The Hall–Kier alpha value is -0.340. The lowest BCUT2D eigenvalue weighted by molar-refractivity contribution is 0.0512. The van der Waals surface area contributed by atoms with Crippen LogP contribution in [0.2, 0.25) is 0 Å². The summed E-state index contributed by atoms with van der Waals surface area (Å²) in [5.41, 5.74) is 0. The maximum Gasteiger partial charge on any atom is 0.0647 e. The molecule has 3 atom stereocenters. The molecule has 0 saturated heterocycles. The minimum Gasteiger partial charge on any atom is -0.396 e. The molecule has 0 rings (SSSR count). The van der Waals surface area contributed by atoms with Crippen molar-refractivity contribution in [2.45, 2.75) is 26.9 Å². The highest BCUT2D eigenvalue weighted by molar-refractivity contribution is 4.88. The second kappa shape index (κ2) is 5.33. The van der Waals surface area contributed by atoms with Crippen LogP contribution in [0.15, 0.2) is 12.2 Å². The van der Waals surface area contributed by atoms with Crippen LogP contribution < -0.4 is 0 Å². The van der Waals surface area contributed by atoms with Gasteiger partial charge in [0, 0.05) is 18.4 Å². The molecule has 0 fully saturated rings. The Labute approximate surface area is 68.6 Å². The molecule has 0 aromatic rings. The third-order valence-electron chi connectivity index (χ3n) is 1.91. The van der Waals surface area contributed by atoms with E-state index in [9.17, 15) is 5.11 Å². The molecule has 2 heteroatoms. The predicted octanol–water partition coefficient (Wildman–Crippen LogP) is 1.19. The van der Waals surface area contributed by atoms with Crippen LogP contribution in [0, 0.1) is 11.8 Å². The lowest BCUT2D eigenvalue weighted by Gasteiger charge is -2.20. The SMILES string of the molecule is CC=CC(C)C(O)C(C)CO. The predicted molar refractivity (Wildman–Crippen MR) is 46.2 cm³/mol. The first-order chi connectivity index (χ1) is 5.13. The van der Waals surface area contributed by atoms with Gasteiger partial charge in [-0.15, -0.1) is 0 Å². The lowest BCUT2D eigenvalue weighted by atomic mass is 9.94. The summed E-state index contributed by atoms with van der Waals surface area (Å²) in [4.78, 5) is 0. The van der Waals surface area contributed by atoms with E-state index >= 15 is 0 Å². The smallest absolute Gasteiger partial charge is 0.0647 e. The van der Waals surface area contributed by atoms with Gasteiger partial charge in [-0.25, -0.2) is 0 Å². The number of hydrogen-bond acceptors (Lipinski definition) is 2. The average molecular weight is 158 g/mol. The van der Waals surface area contributed by atoms with Crippen LogP contribution in [-0.2, 0) is 0 Å². The number of rotatable bonds is 4. The molecule has 0 aromatic carbocycles. The number of aliphatic hydroxyl groups excluding tert-OH is 2. The Morgan fingerprint density at radius 1 is 1.36 bits per heavy atom. The van der Waals surface area contributed by atoms with Gasteiger partial charge >= 0.3 is 0 Å². The van der Waals surface area contributed by atoms with Crippen molar-refractivity contribution in [1.82, 2.24) is 0 Å². The normalized spacial score (nSPS) is 20.1. The molecular weight excluding hydrogens is 140 g/mol. The summed E-state index contributed by atoms with van der Waals surface area (Å²) in [6.45, 7) is 5.75. The van der Waals surface area contributed by atoms with Crippen LogP contribution in [0.1, 0.15) is 20.8 Å². The largest absolute Gasteiger partial charge is 0.396 e. The fourth-order valence-electron chi connectivity index (χ4n) is 1.04. The van der Waals surface area contributed by atoms with Gasteiger partial charge in [-0.05, 0) is 6.92 Å². The molecule has 2 nitrogen and oxygen atoms in total. The molecule has 11 heavy (non-hydrogen) atoms. The monoisotopic (exact) mass is 158 g/mol. The van der Waals surface area contributed by atoms with Crippen molar-refractivity contribution >= 4 is 0 Å². The van der Waals surface area contributed by atoms with Crippen molar-refractivity contribution in [3.8, 4) is 0 Å². The van der Waals surface area contributed by atoms with Crippen molar-refractivity contribution in [2.75, 3.05) is 6.61 Å². The van der Waals surface area contributed by atoms with E-state index in [-0.39, 0.29) is 18.4 Å². The zero-order valence-corrected chi connectivity index (χ0v) is 7.49. The molecule has 2 N–H and O–H groups in total. The maximum atomic E-state index is 9.51. The first kappa shape index (κ1) is 10.7. The molecule has 0 aliphatic heterocycles. The highest BCUT2D eigenvalue weighted by Crippen LogP contribution is 2.13. The van der Waals surface area contributed by atoms with Crippen molar-refractivity contribution in [3.63, 3.8) is 0 Å². The highest BCUT2D eigenvalue weighted by atomic mass is 16.3. The van der Waals surface area contributed by atoms with Gasteiger partial charge in [-0.3, -0.25) is 0 Å². The van der Waals surface area contributed by atoms with Crippen LogP contribution in [0.5, 0.6) is 0 Å². The Morgan fingerprint density at radius 2 is 1.91 bits per heavy atom. The molecule has 0 aromatic heterocycles. The first-order valence-corrected chi connectivity index (χ1v) is 4.05. The Kier molecular flexibility index (Phi) is 5.16. The van der Waals surface area contributed by atoms with Gasteiger partial charge in [0.15, 0.2) is 0 Å². The topological polar surface area (TPSA) is 40.5 Å². The van der Waals surface area contributed by atoms with Gasteiger partial charge in [0.25, 0.3) is 0 Å². The molecule has 3 unspecified atom stereocenters. The van der Waals surface area contributed by atoms with Crippen molar-refractivity contribution in [2.24, 2.45) is 11.8 Å². The van der Waals surface area contributed by atoms with Crippen molar-refractivity contribution < 1.29 is 10.2 Å².